The lowest BCUT2D eigenvalue weighted by molar-refractivity contribution is 0.184. The maximum Gasteiger partial charge on any atom is 0.320 e. The number of hydrogen-bond acceptors (Lipinski definition) is 2. The first-order valence-electron chi connectivity index (χ1n) is 7.41. The molecule has 0 saturated heterocycles. The average molecular weight is 313 g/mol. The molecule has 0 aliphatic heterocycles. The SMILES string of the molecule is CCCN(CCC)C(=O)NCOc1cc(C)c(Cl)c(C)c1. The lowest BCUT2D eigenvalue weighted by atomic mass is 10.1. The fraction of sp³-hybridized carbons (Fsp3) is 0.562. The Morgan fingerprint density at radius 2 is 1.71 bits per heavy atom. The summed E-state index contributed by atoms with van der Waals surface area (Å²) >= 11 is 6.11. The predicted molar refractivity (Wildman–Crippen MR) is 87.1 cm³/mol. The van der Waals surface area contributed by atoms with E-state index >= 15 is 0 Å². The molecule has 1 rings (SSSR count). The van der Waals surface area contributed by atoms with Crippen molar-refractivity contribution in [2.24, 2.45) is 0 Å². The number of rotatable bonds is 7. The summed E-state index contributed by atoms with van der Waals surface area (Å²) in [5.41, 5.74) is 1.94. The van der Waals surface area contributed by atoms with Crippen LogP contribution in [0.1, 0.15) is 37.8 Å². The van der Waals surface area contributed by atoms with Crippen molar-refractivity contribution < 1.29 is 9.53 Å². The van der Waals surface area contributed by atoms with Gasteiger partial charge in [-0.1, -0.05) is 25.4 Å². The third kappa shape index (κ3) is 5.46. The zero-order valence-corrected chi connectivity index (χ0v) is 14.1. The number of carbonyl (C=O) groups is 1. The molecule has 0 unspecified atom stereocenters. The molecule has 0 atom stereocenters. The zero-order chi connectivity index (χ0) is 15.8. The van der Waals surface area contributed by atoms with Crippen LogP contribution in [0.25, 0.3) is 0 Å². The van der Waals surface area contributed by atoms with Crippen LogP contribution in [0.3, 0.4) is 0 Å². The van der Waals surface area contributed by atoms with Crippen LogP contribution >= 0.6 is 11.6 Å². The molecule has 0 radical (unpaired) electrons. The van der Waals surface area contributed by atoms with Gasteiger partial charge in [0.05, 0.1) is 0 Å². The number of nitrogens with zero attached hydrogens (tertiary/aromatic N) is 1. The van der Waals surface area contributed by atoms with E-state index in [1.807, 2.05) is 30.9 Å². The van der Waals surface area contributed by atoms with E-state index < -0.39 is 0 Å². The predicted octanol–water partition coefficient (Wildman–Crippen LogP) is 4.12. The highest BCUT2D eigenvalue weighted by Crippen LogP contribution is 2.25. The second kappa shape index (κ2) is 8.78. The number of urea groups is 1. The standard InChI is InChI=1S/C16H25ClN2O2/c1-5-7-19(8-6-2)16(20)18-11-21-14-9-12(3)15(17)13(4)10-14/h9-10H,5-8,11H2,1-4H3,(H,18,20). The van der Waals surface area contributed by atoms with Gasteiger partial charge in [-0.3, -0.25) is 0 Å². The molecule has 0 fully saturated rings. The molecule has 1 N–H and O–H groups in total. The Labute approximate surface area is 132 Å². The Morgan fingerprint density at radius 1 is 1.19 bits per heavy atom. The summed E-state index contributed by atoms with van der Waals surface area (Å²) in [6.45, 7) is 9.67. The van der Waals surface area contributed by atoms with E-state index in [4.69, 9.17) is 16.3 Å². The first-order valence-corrected chi connectivity index (χ1v) is 7.79. The van der Waals surface area contributed by atoms with Crippen LogP contribution in [-0.2, 0) is 0 Å². The lowest BCUT2D eigenvalue weighted by Crippen LogP contribution is -2.42. The van der Waals surface area contributed by atoms with Gasteiger partial charge in [0, 0.05) is 18.1 Å². The number of amides is 2. The molecule has 0 spiro atoms. The van der Waals surface area contributed by atoms with Gasteiger partial charge in [-0.2, -0.15) is 0 Å². The van der Waals surface area contributed by atoms with Crippen LogP contribution in [0, 0.1) is 13.8 Å². The largest absolute Gasteiger partial charge is 0.473 e. The maximum atomic E-state index is 12.0. The molecule has 0 bridgehead atoms. The molecule has 5 heteroatoms. The molecule has 0 aliphatic rings. The molecule has 0 heterocycles. The van der Waals surface area contributed by atoms with Gasteiger partial charge in [-0.25, -0.2) is 4.79 Å². The number of halogens is 1. The number of aryl methyl sites for hydroxylation is 2. The summed E-state index contributed by atoms with van der Waals surface area (Å²) < 4.78 is 5.58. The summed E-state index contributed by atoms with van der Waals surface area (Å²) in [7, 11) is 0. The summed E-state index contributed by atoms with van der Waals surface area (Å²) in [5, 5.41) is 3.54. The molecular formula is C16H25ClN2O2. The number of nitrogens with one attached hydrogen (secondary N) is 1. The van der Waals surface area contributed by atoms with E-state index in [-0.39, 0.29) is 12.8 Å². The third-order valence-electron chi connectivity index (χ3n) is 3.15. The van der Waals surface area contributed by atoms with Gasteiger partial charge in [0.25, 0.3) is 0 Å². The third-order valence-corrected chi connectivity index (χ3v) is 3.74. The molecule has 4 nitrogen and oxygen atoms in total. The molecular weight excluding hydrogens is 288 g/mol. The zero-order valence-electron chi connectivity index (χ0n) is 13.3. The van der Waals surface area contributed by atoms with E-state index in [9.17, 15) is 4.79 Å². The maximum absolute atomic E-state index is 12.0. The summed E-state index contributed by atoms with van der Waals surface area (Å²) in [6, 6.07) is 3.66. The van der Waals surface area contributed by atoms with Crippen LogP contribution in [0.5, 0.6) is 5.75 Å². The monoisotopic (exact) mass is 312 g/mol. The van der Waals surface area contributed by atoms with Crippen molar-refractivity contribution in [3.05, 3.63) is 28.3 Å². The second-order valence-electron chi connectivity index (χ2n) is 5.13. The van der Waals surface area contributed by atoms with Crippen molar-refractivity contribution >= 4 is 17.6 Å². The van der Waals surface area contributed by atoms with Gasteiger partial charge in [0.1, 0.15) is 5.75 Å². The highest BCUT2D eigenvalue weighted by atomic mass is 35.5. The van der Waals surface area contributed by atoms with Gasteiger partial charge < -0.3 is 15.0 Å². The number of ether oxygens (including phenoxy) is 1. The Hall–Kier alpha value is -1.42. The molecule has 0 aliphatic carbocycles. The Balaban J connectivity index is 2.50. The fourth-order valence-electron chi connectivity index (χ4n) is 2.14. The topological polar surface area (TPSA) is 41.6 Å². The van der Waals surface area contributed by atoms with E-state index in [1.165, 1.54) is 0 Å². The Kier molecular flexibility index (Phi) is 7.37. The van der Waals surface area contributed by atoms with Gasteiger partial charge >= 0.3 is 6.03 Å². The van der Waals surface area contributed by atoms with E-state index in [1.54, 1.807) is 0 Å². The van der Waals surface area contributed by atoms with E-state index in [0.717, 1.165) is 42.1 Å². The van der Waals surface area contributed by atoms with Gasteiger partial charge in [0.15, 0.2) is 6.73 Å². The highest BCUT2D eigenvalue weighted by Gasteiger charge is 2.11. The molecule has 0 aromatic heterocycles. The van der Waals surface area contributed by atoms with Crippen molar-refractivity contribution in [1.29, 1.82) is 0 Å². The first kappa shape index (κ1) is 17.6. The summed E-state index contributed by atoms with van der Waals surface area (Å²) in [6.07, 6.45) is 1.90. The summed E-state index contributed by atoms with van der Waals surface area (Å²) in [4.78, 5) is 13.8. The minimum absolute atomic E-state index is 0.0823. The van der Waals surface area contributed by atoms with Crippen molar-refractivity contribution in [2.75, 3.05) is 19.8 Å². The molecule has 2 amide bonds. The van der Waals surface area contributed by atoms with E-state index in [2.05, 4.69) is 19.2 Å². The number of benzene rings is 1. The minimum atomic E-state index is -0.0823. The smallest absolute Gasteiger partial charge is 0.320 e. The molecule has 1 aromatic rings. The number of hydrogen-bond donors (Lipinski definition) is 1. The van der Waals surface area contributed by atoms with Crippen LogP contribution in [0.2, 0.25) is 5.02 Å². The van der Waals surface area contributed by atoms with Crippen molar-refractivity contribution in [3.63, 3.8) is 0 Å². The van der Waals surface area contributed by atoms with Crippen molar-refractivity contribution in [3.8, 4) is 5.75 Å². The quantitative estimate of drug-likeness (QED) is 0.769. The normalized spacial score (nSPS) is 10.3. The second-order valence-corrected chi connectivity index (χ2v) is 5.51. The number of carbonyl (C=O) groups excluding carboxylic acids is 1. The van der Waals surface area contributed by atoms with Crippen molar-refractivity contribution in [2.45, 2.75) is 40.5 Å². The lowest BCUT2D eigenvalue weighted by Gasteiger charge is -2.22. The average Bonchev–Trinajstić information content (AvgIpc) is 2.44. The van der Waals surface area contributed by atoms with Gasteiger partial charge in [-0.15, -0.1) is 0 Å². The Morgan fingerprint density at radius 3 is 2.19 bits per heavy atom. The highest BCUT2D eigenvalue weighted by molar-refractivity contribution is 6.32. The Bertz CT molecular complexity index is 448. The van der Waals surface area contributed by atoms with Crippen LogP contribution in [0.4, 0.5) is 4.79 Å². The van der Waals surface area contributed by atoms with Crippen LogP contribution in [0.15, 0.2) is 12.1 Å². The minimum Gasteiger partial charge on any atom is -0.473 e. The van der Waals surface area contributed by atoms with Gasteiger partial charge in [-0.05, 0) is 49.9 Å². The van der Waals surface area contributed by atoms with Crippen molar-refractivity contribution in [1.82, 2.24) is 10.2 Å². The van der Waals surface area contributed by atoms with Crippen LogP contribution < -0.4 is 10.1 Å². The van der Waals surface area contributed by atoms with Crippen LogP contribution in [-0.4, -0.2) is 30.8 Å². The molecule has 1 aromatic carbocycles. The first-order chi connectivity index (χ1) is 9.99. The molecule has 0 saturated carbocycles. The van der Waals surface area contributed by atoms with E-state index in [0.29, 0.717) is 5.75 Å². The fourth-order valence-corrected chi connectivity index (χ4v) is 2.25. The summed E-state index contributed by atoms with van der Waals surface area (Å²) in [5.74, 6) is 0.715. The van der Waals surface area contributed by atoms with Gasteiger partial charge in [0.2, 0.25) is 0 Å². The molecule has 21 heavy (non-hydrogen) atoms. The molecule has 118 valence electrons.